The van der Waals surface area contributed by atoms with Crippen LogP contribution in [-0.4, -0.2) is 25.8 Å². The van der Waals surface area contributed by atoms with Gasteiger partial charge in [0.05, 0.1) is 12.7 Å². The molecule has 1 aliphatic carbocycles. The second kappa shape index (κ2) is 6.71. The summed E-state index contributed by atoms with van der Waals surface area (Å²) >= 11 is 9.50. The molecule has 0 N–H and O–H groups in total. The zero-order valence-corrected chi connectivity index (χ0v) is 17.2. The molecule has 7 heteroatoms. The first-order valence-electron chi connectivity index (χ1n) is 9.27. The van der Waals surface area contributed by atoms with Gasteiger partial charge < -0.3 is 4.57 Å². The molecule has 26 heavy (non-hydrogen) atoms. The van der Waals surface area contributed by atoms with Gasteiger partial charge in [-0.2, -0.15) is 5.10 Å². The first kappa shape index (κ1) is 16.9. The van der Waals surface area contributed by atoms with Crippen molar-refractivity contribution in [1.29, 1.82) is 0 Å². The van der Waals surface area contributed by atoms with E-state index in [-0.39, 0.29) is 0 Å². The van der Waals surface area contributed by atoms with Crippen LogP contribution in [0.5, 0.6) is 0 Å². The molecule has 1 saturated carbocycles. The second-order valence-corrected chi connectivity index (χ2v) is 9.42. The van der Waals surface area contributed by atoms with Gasteiger partial charge in [0.2, 0.25) is 0 Å². The van der Waals surface area contributed by atoms with Gasteiger partial charge in [-0.05, 0) is 66.9 Å². The topological polar surface area (TPSA) is 26.0 Å². The van der Waals surface area contributed by atoms with E-state index in [4.69, 9.17) is 17.3 Å². The van der Waals surface area contributed by atoms with Crippen molar-refractivity contribution in [3.05, 3.63) is 54.9 Å². The van der Waals surface area contributed by atoms with Gasteiger partial charge in [0.1, 0.15) is 5.82 Å². The summed E-state index contributed by atoms with van der Waals surface area (Å²) in [5.41, 5.74) is 1.47. The van der Waals surface area contributed by atoms with Crippen molar-refractivity contribution in [2.24, 2.45) is 0 Å². The third-order valence-electron chi connectivity index (χ3n) is 5.40. The number of nitrogens with zero attached hydrogens (tertiary/aromatic N) is 4. The molecule has 3 aromatic rings. The van der Waals surface area contributed by atoms with Crippen molar-refractivity contribution >= 4 is 34.9 Å². The van der Waals surface area contributed by atoms with Crippen molar-refractivity contribution < 1.29 is 0 Å². The van der Waals surface area contributed by atoms with Crippen LogP contribution >= 0.6 is 34.9 Å². The highest BCUT2D eigenvalue weighted by atomic mass is 32.1. The first-order chi connectivity index (χ1) is 12.8. The molecule has 1 atom stereocenters. The quantitative estimate of drug-likeness (QED) is 0.559. The minimum atomic E-state index is 0.322. The van der Waals surface area contributed by atoms with Crippen LogP contribution in [0.2, 0.25) is 0 Å². The van der Waals surface area contributed by atoms with Crippen molar-refractivity contribution in [2.45, 2.75) is 51.4 Å². The van der Waals surface area contributed by atoms with Crippen LogP contribution in [0.3, 0.4) is 0 Å². The van der Waals surface area contributed by atoms with E-state index in [1.807, 2.05) is 22.7 Å². The Balaban J connectivity index is 1.51. The van der Waals surface area contributed by atoms with Crippen molar-refractivity contribution in [3.8, 4) is 0 Å². The maximum absolute atomic E-state index is 5.77. The highest BCUT2D eigenvalue weighted by molar-refractivity contribution is 7.71. The molecule has 2 aliphatic rings. The smallest absolute Gasteiger partial charge is 0.199 e. The molecule has 4 heterocycles. The normalized spacial score (nSPS) is 20.4. The Morgan fingerprint density at radius 2 is 2.12 bits per heavy atom. The van der Waals surface area contributed by atoms with Crippen LogP contribution < -0.4 is 0 Å². The minimum absolute atomic E-state index is 0.322. The van der Waals surface area contributed by atoms with Gasteiger partial charge in [0.15, 0.2) is 4.77 Å². The molecule has 5 rings (SSSR count). The predicted molar refractivity (Wildman–Crippen MR) is 110 cm³/mol. The van der Waals surface area contributed by atoms with E-state index in [0.29, 0.717) is 12.0 Å². The van der Waals surface area contributed by atoms with Gasteiger partial charge in [-0.3, -0.25) is 4.90 Å². The third-order valence-corrected chi connectivity index (χ3v) is 7.76. The van der Waals surface area contributed by atoms with Crippen LogP contribution in [0.25, 0.3) is 0 Å². The second-order valence-electron chi connectivity index (χ2n) is 7.08. The fourth-order valence-electron chi connectivity index (χ4n) is 3.96. The maximum atomic E-state index is 5.77. The van der Waals surface area contributed by atoms with E-state index in [1.54, 1.807) is 0 Å². The van der Waals surface area contributed by atoms with Crippen LogP contribution in [-0.2, 0) is 19.6 Å². The molecular formula is C19H22N4S3. The molecule has 0 radical (unpaired) electrons. The lowest BCUT2D eigenvalue weighted by Gasteiger charge is -2.35. The minimum Gasteiger partial charge on any atom is -0.304 e. The summed E-state index contributed by atoms with van der Waals surface area (Å²) < 4.78 is 5.16. The fraction of sp³-hybridized carbons (Fsp3) is 0.474. The third kappa shape index (κ3) is 2.81. The molecule has 0 saturated heterocycles. The lowest BCUT2D eigenvalue weighted by molar-refractivity contribution is 0.158. The van der Waals surface area contributed by atoms with Crippen molar-refractivity contribution in [3.63, 3.8) is 0 Å². The van der Waals surface area contributed by atoms with E-state index < -0.39 is 0 Å². The Morgan fingerprint density at radius 3 is 2.85 bits per heavy atom. The Morgan fingerprint density at radius 1 is 1.23 bits per heavy atom. The summed E-state index contributed by atoms with van der Waals surface area (Å²) in [6, 6.07) is 7.04. The molecule has 0 amide bonds. The average molecular weight is 403 g/mol. The van der Waals surface area contributed by atoms with Crippen LogP contribution in [0.1, 0.15) is 52.9 Å². The number of aromatic nitrogens is 3. The standard InChI is InChI=1S/C19H22N4S3/c1-2-22-18(13-5-6-13)20-23(19(22)24)12-21-9-7-15-14(8-11-26-15)17(21)16-4-3-10-25-16/h3-4,8,10-11,13,17H,2,5-7,9,12H2,1H3/t17-/m1/s1. The number of thiophene rings is 2. The Bertz CT molecular complexity index is 961. The molecule has 0 aromatic carbocycles. The molecule has 0 unspecified atom stereocenters. The van der Waals surface area contributed by atoms with E-state index >= 15 is 0 Å². The van der Waals surface area contributed by atoms with Gasteiger partial charge in [-0.1, -0.05) is 6.07 Å². The van der Waals surface area contributed by atoms with E-state index in [2.05, 4.69) is 50.0 Å². The van der Waals surface area contributed by atoms with Gasteiger partial charge in [-0.15, -0.1) is 22.7 Å². The van der Waals surface area contributed by atoms with Gasteiger partial charge >= 0.3 is 0 Å². The van der Waals surface area contributed by atoms with Crippen molar-refractivity contribution in [2.75, 3.05) is 6.54 Å². The lowest BCUT2D eigenvalue weighted by Crippen LogP contribution is -2.36. The molecule has 0 spiro atoms. The lowest BCUT2D eigenvalue weighted by atomic mass is 9.99. The van der Waals surface area contributed by atoms with Crippen LogP contribution in [0, 0.1) is 4.77 Å². The Kier molecular flexibility index (Phi) is 4.35. The fourth-order valence-corrected chi connectivity index (χ4v) is 6.06. The molecular weight excluding hydrogens is 380 g/mol. The Labute approximate surface area is 166 Å². The zero-order chi connectivity index (χ0) is 17.7. The number of hydrogen-bond donors (Lipinski definition) is 0. The predicted octanol–water partition coefficient (Wildman–Crippen LogP) is 5.04. The summed E-state index contributed by atoms with van der Waals surface area (Å²) in [6.45, 7) is 4.90. The van der Waals surface area contributed by atoms with Gasteiger partial charge in [0, 0.05) is 28.8 Å². The van der Waals surface area contributed by atoms with Gasteiger partial charge in [-0.25, -0.2) is 4.68 Å². The molecule has 136 valence electrons. The summed E-state index contributed by atoms with van der Waals surface area (Å²) in [5, 5.41) is 9.35. The molecule has 4 nitrogen and oxygen atoms in total. The van der Waals surface area contributed by atoms with Gasteiger partial charge in [0.25, 0.3) is 0 Å². The zero-order valence-electron chi connectivity index (χ0n) is 14.8. The monoisotopic (exact) mass is 402 g/mol. The summed E-state index contributed by atoms with van der Waals surface area (Å²) in [6.07, 6.45) is 3.63. The van der Waals surface area contributed by atoms with Crippen molar-refractivity contribution in [1.82, 2.24) is 19.2 Å². The summed E-state index contributed by atoms with van der Waals surface area (Å²) in [4.78, 5) is 5.48. The average Bonchev–Trinajstić information content (AvgIpc) is 3.06. The molecule has 3 aromatic heterocycles. The largest absolute Gasteiger partial charge is 0.304 e. The highest BCUT2D eigenvalue weighted by Gasteiger charge is 2.33. The summed E-state index contributed by atoms with van der Waals surface area (Å²) in [7, 11) is 0. The highest BCUT2D eigenvalue weighted by Crippen LogP contribution is 2.41. The number of fused-ring (bicyclic) bond motifs is 1. The summed E-state index contributed by atoms with van der Waals surface area (Å²) in [5.74, 6) is 1.81. The number of hydrogen-bond acceptors (Lipinski definition) is 5. The maximum Gasteiger partial charge on any atom is 0.199 e. The van der Waals surface area contributed by atoms with Crippen LogP contribution in [0.15, 0.2) is 29.0 Å². The number of rotatable bonds is 5. The molecule has 1 fully saturated rings. The SMILES string of the molecule is CCn1c(C2CC2)nn(CN2CCc3sccc3[C@@H]2c2cccs2)c1=S. The van der Waals surface area contributed by atoms with E-state index in [0.717, 1.165) is 31.0 Å². The van der Waals surface area contributed by atoms with Crippen LogP contribution in [0.4, 0.5) is 0 Å². The van der Waals surface area contributed by atoms with E-state index in [1.165, 1.54) is 34.0 Å². The van der Waals surface area contributed by atoms with E-state index in [9.17, 15) is 0 Å². The first-order valence-corrected chi connectivity index (χ1v) is 11.4. The Hall–Kier alpha value is -1.28. The molecule has 1 aliphatic heterocycles. The molecule has 0 bridgehead atoms.